The number of amides is 2. The molecule has 7 nitrogen and oxygen atoms in total. The predicted octanol–water partition coefficient (Wildman–Crippen LogP) is 3.99. The average molecular weight is 534 g/mol. The van der Waals surface area contributed by atoms with E-state index in [1.54, 1.807) is 19.1 Å². The van der Waals surface area contributed by atoms with E-state index in [2.05, 4.69) is 5.32 Å². The van der Waals surface area contributed by atoms with Crippen molar-refractivity contribution in [1.82, 2.24) is 10.2 Å². The van der Waals surface area contributed by atoms with Gasteiger partial charge >= 0.3 is 6.18 Å². The SMILES string of the molecule is CCNC(=O)[C@H](C)N(Cc1cccc(C)c1)C(=O)CN(c1cc(C(F)(F)F)ccc1Cl)S(C)(=O)=O. The normalized spacial score (nSPS) is 12.7. The molecule has 0 saturated heterocycles. The van der Waals surface area contributed by atoms with Gasteiger partial charge in [-0.1, -0.05) is 41.4 Å². The van der Waals surface area contributed by atoms with Crippen LogP contribution in [0.15, 0.2) is 42.5 Å². The van der Waals surface area contributed by atoms with E-state index >= 15 is 0 Å². The maximum Gasteiger partial charge on any atom is 0.416 e. The highest BCUT2D eigenvalue weighted by atomic mass is 35.5. The van der Waals surface area contributed by atoms with Gasteiger partial charge < -0.3 is 10.2 Å². The molecule has 192 valence electrons. The van der Waals surface area contributed by atoms with Gasteiger partial charge in [0.05, 0.1) is 22.5 Å². The minimum absolute atomic E-state index is 0.0211. The molecule has 2 aromatic carbocycles. The molecule has 12 heteroatoms. The zero-order chi connectivity index (χ0) is 26.6. The first kappa shape index (κ1) is 28.4. The van der Waals surface area contributed by atoms with Gasteiger partial charge in [0, 0.05) is 13.1 Å². The number of carbonyl (C=O) groups is 2. The van der Waals surface area contributed by atoms with Crippen molar-refractivity contribution in [3.05, 3.63) is 64.2 Å². The standard InChI is InChI=1S/C23H27ClF3N3O4S/c1-5-28-22(32)16(3)29(13-17-8-6-7-15(2)11-17)21(31)14-30(35(4,33)34)20-12-18(23(25,26)27)9-10-19(20)24/h6-12,16H,5,13-14H2,1-4H3,(H,28,32)/t16-/m0/s1. The van der Waals surface area contributed by atoms with Crippen molar-refractivity contribution in [2.45, 2.75) is 39.5 Å². The summed E-state index contributed by atoms with van der Waals surface area (Å²) in [5.74, 6) is -1.25. The van der Waals surface area contributed by atoms with Crippen LogP contribution in [0.5, 0.6) is 0 Å². The first-order valence-electron chi connectivity index (χ1n) is 10.6. The number of halogens is 4. The van der Waals surface area contributed by atoms with Crippen LogP contribution in [-0.2, 0) is 32.3 Å². The van der Waals surface area contributed by atoms with Crippen LogP contribution >= 0.6 is 11.6 Å². The number of rotatable bonds is 9. The lowest BCUT2D eigenvalue weighted by atomic mass is 10.1. The van der Waals surface area contributed by atoms with E-state index in [1.807, 2.05) is 19.1 Å². The molecule has 1 atom stereocenters. The number of hydrogen-bond donors (Lipinski definition) is 1. The molecule has 0 spiro atoms. The summed E-state index contributed by atoms with van der Waals surface area (Å²) in [5.41, 5.74) is -0.00426. The maximum absolute atomic E-state index is 13.4. The fourth-order valence-electron chi connectivity index (χ4n) is 3.39. The molecule has 2 aromatic rings. The number of benzene rings is 2. The van der Waals surface area contributed by atoms with Crippen molar-refractivity contribution in [3.63, 3.8) is 0 Å². The van der Waals surface area contributed by atoms with Crippen LogP contribution in [0.25, 0.3) is 0 Å². The highest BCUT2D eigenvalue weighted by Crippen LogP contribution is 2.36. The molecule has 0 aliphatic rings. The fourth-order valence-corrected chi connectivity index (χ4v) is 4.51. The number of nitrogens with zero attached hydrogens (tertiary/aromatic N) is 2. The van der Waals surface area contributed by atoms with Crippen molar-refractivity contribution >= 4 is 39.1 Å². The van der Waals surface area contributed by atoms with Crippen molar-refractivity contribution < 1.29 is 31.2 Å². The minimum Gasteiger partial charge on any atom is -0.355 e. The third-order valence-electron chi connectivity index (χ3n) is 5.18. The second-order valence-corrected chi connectivity index (χ2v) is 10.3. The predicted molar refractivity (Wildman–Crippen MR) is 129 cm³/mol. The van der Waals surface area contributed by atoms with Gasteiger partial charge in [0.15, 0.2) is 0 Å². The van der Waals surface area contributed by atoms with Gasteiger partial charge in [-0.3, -0.25) is 13.9 Å². The summed E-state index contributed by atoms with van der Waals surface area (Å²) >= 11 is 6.05. The molecule has 0 aliphatic heterocycles. The molecular weight excluding hydrogens is 507 g/mol. The van der Waals surface area contributed by atoms with Crippen LogP contribution in [0, 0.1) is 6.92 Å². The molecule has 0 aromatic heterocycles. The largest absolute Gasteiger partial charge is 0.416 e. The van der Waals surface area contributed by atoms with Crippen molar-refractivity contribution in [2.75, 3.05) is 23.7 Å². The highest BCUT2D eigenvalue weighted by Gasteiger charge is 2.34. The molecule has 0 aliphatic carbocycles. The summed E-state index contributed by atoms with van der Waals surface area (Å²) in [5, 5.41) is 2.34. The Morgan fingerprint density at radius 1 is 1.14 bits per heavy atom. The Balaban J connectivity index is 2.50. The molecule has 0 bridgehead atoms. The summed E-state index contributed by atoms with van der Waals surface area (Å²) in [6.07, 6.45) is -3.99. The van der Waals surface area contributed by atoms with Gasteiger partial charge in [0.2, 0.25) is 21.8 Å². The first-order chi connectivity index (χ1) is 16.1. The van der Waals surface area contributed by atoms with E-state index in [1.165, 1.54) is 11.8 Å². The van der Waals surface area contributed by atoms with Gasteiger partial charge in [-0.15, -0.1) is 0 Å². The first-order valence-corrected chi connectivity index (χ1v) is 12.8. The summed E-state index contributed by atoms with van der Waals surface area (Å²) < 4.78 is 65.4. The lowest BCUT2D eigenvalue weighted by Crippen LogP contribution is -2.51. The van der Waals surface area contributed by atoms with Crippen molar-refractivity contribution in [3.8, 4) is 0 Å². The highest BCUT2D eigenvalue weighted by molar-refractivity contribution is 7.92. The van der Waals surface area contributed by atoms with Crippen molar-refractivity contribution in [2.24, 2.45) is 0 Å². The maximum atomic E-state index is 13.4. The smallest absolute Gasteiger partial charge is 0.355 e. The Bertz CT molecular complexity index is 1190. The second-order valence-electron chi connectivity index (χ2n) is 8.01. The van der Waals surface area contributed by atoms with Crippen molar-refractivity contribution in [1.29, 1.82) is 0 Å². The zero-order valence-electron chi connectivity index (χ0n) is 19.7. The summed E-state index contributed by atoms with van der Waals surface area (Å²) in [7, 11) is -4.23. The van der Waals surface area contributed by atoms with Gasteiger partial charge in [0.1, 0.15) is 12.6 Å². The van der Waals surface area contributed by atoms with Gasteiger partial charge in [0.25, 0.3) is 0 Å². The quantitative estimate of drug-likeness (QED) is 0.528. The molecule has 2 rings (SSSR count). The number of carbonyl (C=O) groups excluding carboxylic acids is 2. The average Bonchev–Trinajstić information content (AvgIpc) is 2.74. The number of nitrogens with one attached hydrogen (secondary N) is 1. The van der Waals surface area contributed by atoms with Gasteiger partial charge in [-0.05, 0) is 44.5 Å². The number of anilines is 1. The Kier molecular flexibility index (Phi) is 9.18. The lowest BCUT2D eigenvalue weighted by molar-refractivity contribution is -0.139. The van der Waals surface area contributed by atoms with Crippen LogP contribution in [0.2, 0.25) is 5.02 Å². The zero-order valence-corrected chi connectivity index (χ0v) is 21.3. The molecule has 0 saturated carbocycles. The van der Waals surface area contributed by atoms with Gasteiger partial charge in [-0.25, -0.2) is 8.42 Å². The third kappa shape index (κ3) is 7.60. The van der Waals surface area contributed by atoms with E-state index in [0.29, 0.717) is 22.5 Å². The van der Waals surface area contributed by atoms with Crippen LogP contribution in [0.4, 0.5) is 18.9 Å². The molecule has 2 amide bonds. The molecule has 0 unspecified atom stereocenters. The van der Waals surface area contributed by atoms with E-state index in [0.717, 1.165) is 24.0 Å². The topological polar surface area (TPSA) is 86.8 Å². The number of alkyl halides is 3. The minimum atomic E-state index is -4.75. The monoisotopic (exact) mass is 533 g/mol. The second kappa shape index (κ2) is 11.3. The summed E-state index contributed by atoms with van der Waals surface area (Å²) in [6.45, 7) is 4.48. The Morgan fingerprint density at radius 3 is 2.34 bits per heavy atom. The van der Waals surface area contributed by atoms with E-state index < -0.39 is 51.9 Å². The Hall–Kier alpha value is -2.79. The molecule has 0 radical (unpaired) electrons. The van der Waals surface area contributed by atoms with E-state index in [-0.39, 0.29) is 11.6 Å². The van der Waals surface area contributed by atoms with Gasteiger partial charge in [-0.2, -0.15) is 13.2 Å². The molecule has 1 N–H and O–H groups in total. The number of aryl methyl sites for hydroxylation is 1. The third-order valence-corrected chi connectivity index (χ3v) is 6.62. The Labute approximate surface area is 207 Å². The van der Waals surface area contributed by atoms with Crippen LogP contribution in [-0.4, -0.2) is 50.5 Å². The fraction of sp³-hybridized carbons (Fsp3) is 0.391. The molecule has 35 heavy (non-hydrogen) atoms. The van der Waals surface area contributed by atoms with Crippen LogP contribution in [0.1, 0.15) is 30.5 Å². The molecule has 0 heterocycles. The molecular formula is C23H27ClF3N3O4S. The molecule has 0 fully saturated rings. The van der Waals surface area contributed by atoms with E-state index in [4.69, 9.17) is 11.6 Å². The summed E-state index contributed by atoms with van der Waals surface area (Å²) in [4.78, 5) is 27.1. The number of sulfonamides is 1. The van der Waals surface area contributed by atoms with Crippen LogP contribution in [0.3, 0.4) is 0 Å². The van der Waals surface area contributed by atoms with Crippen LogP contribution < -0.4 is 9.62 Å². The Morgan fingerprint density at radius 2 is 1.80 bits per heavy atom. The van der Waals surface area contributed by atoms with E-state index in [9.17, 15) is 31.2 Å². The lowest BCUT2D eigenvalue weighted by Gasteiger charge is -2.32. The summed E-state index contributed by atoms with van der Waals surface area (Å²) in [6, 6.07) is 8.41. The number of likely N-dealkylation sites (N-methyl/N-ethyl adjacent to an activating group) is 1. The number of hydrogen-bond acceptors (Lipinski definition) is 4.